The number of nitrogens with two attached hydrogens (primary N) is 2. The number of para-hydroxylation sites is 1. The van der Waals surface area contributed by atoms with Gasteiger partial charge in [-0.2, -0.15) is 0 Å². The molecule has 0 aromatic heterocycles. The molecule has 1 atom stereocenters. The Balaban J connectivity index is 2.25. The van der Waals surface area contributed by atoms with Gasteiger partial charge < -0.3 is 35.7 Å². The smallest absolute Gasteiger partial charge is 0.255 e. The average molecular weight is 428 g/mol. The lowest BCUT2D eigenvalue weighted by atomic mass is 10.1. The fourth-order valence-corrected chi connectivity index (χ4v) is 2.82. The Kier molecular flexibility index (Phi) is 8.78. The van der Waals surface area contributed by atoms with E-state index in [9.17, 15) is 4.79 Å². The number of hydrogen-bond acceptors (Lipinski definition) is 7. The van der Waals surface area contributed by atoms with Crippen LogP contribution in [0, 0.1) is 0 Å². The minimum atomic E-state index is -0.333. The number of nitrogens with one attached hydrogen (secondary N) is 1. The van der Waals surface area contributed by atoms with Crippen molar-refractivity contribution in [1.82, 2.24) is 0 Å². The second-order valence-electron chi connectivity index (χ2n) is 6.56. The molecule has 0 spiro atoms. The van der Waals surface area contributed by atoms with E-state index in [2.05, 4.69) is 5.32 Å². The van der Waals surface area contributed by atoms with Gasteiger partial charge >= 0.3 is 0 Å². The number of ether oxygens (including phenoxy) is 4. The lowest BCUT2D eigenvalue weighted by Crippen LogP contribution is -2.20. The molecule has 0 bridgehead atoms. The summed E-state index contributed by atoms with van der Waals surface area (Å²) < 4.78 is 21.8. The maximum atomic E-state index is 12.9. The molecule has 31 heavy (non-hydrogen) atoms. The number of carbonyl (C=O) groups is 1. The van der Waals surface area contributed by atoms with Crippen LogP contribution in [0.1, 0.15) is 22.8 Å². The highest BCUT2D eigenvalue weighted by Crippen LogP contribution is 2.38. The van der Waals surface area contributed by atoms with Crippen LogP contribution in [0.2, 0.25) is 0 Å². The van der Waals surface area contributed by atoms with Crippen molar-refractivity contribution in [2.75, 3.05) is 26.6 Å². The van der Waals surface area contributed by atoms with Gasteiger partial charge in [0.05, 0.1) is 27.4 Å². The number of allylic oxidation sites excluding steroid dienone is 2. The summed E-state index contributed by atoms with van der Waals surface area (Å²) in [5, 5.41) is 2.91. The van der Waals surface area contributed by atoms with Crippen LogP contribution in [0.4, 0.5) is 5.69 Å². The molecule has 0 aliphatic rings. The summed E-state index contributed by atoms with van der Waals surface area (Å²) in [4.78, 5) is 12.9. The molecule has 0 aliphatic heterocycles. The van der Waals surface area contributed by atoms with Gasteiger partial charge in [0.15, 0.2) is 11.5 Å². The summed E-state index contributed by atoms with van der Waals surface area (Å²) in [5.74, 6) is 1.44. The zero-order valence-electron chi connectivity index (χ0n) is 18.2. The molecular weight excluding hydrogens is 398 g/mol. The normalized spacial score (nSPS) is 12.4. The minimum absolute atomic E-state index is 0.220. The number of methoxy groups -OCH3 is 3. The zero-order chi connectivity index (χ0) is 22.8. The summed E-state index contributed by atoms with van der Waals surface area (Å²) >= 11 is 0. The first-order valence-corrected chi connectivity index (χ1v) is 9.61. The monoisotopic (exact) mass is 427 g/mol. The Hall–Kier alpha value is -3.65. The standard InChI is InChI=1S/C23H29N3O5/c1-15(25)19(10-7-11-24)31-14-16-8-5-6-9-18(16)26-23(27)17-12-20(28-2)22(30-4)21(13-17)29-3/h5-13,15H,14,24-25H2,1-4H3,(H,26,27)/b11-7-,19-10+. The van der Waals surface area contributed by atoms with Crippen LogP contribution in [0.25, 0.3) is 0 Å². The summed E-state index contributed by atoms with van der Waals surface area (Å²) in [6.07, 6.45) is 4.76. The first-order valence-electron chi connectivity index (χ1n) is 9.61. The number of benzene rings is 2. The van der Waals surface area contributed by atoms with Crippen LogP contribution in [-0.4, -0.2) is 33.3 Å². The van der Waals surface area contributed by atoms with Gasteiger partial charge in [0, 0.05) is 16.8 Å². The Labute approximate surface area is 182 Å². The molecule has 166 valence electrons. The van der Waals surface area contributed by atoms with Gasteiger partial charge in [-0.25, -0.2) is 0 Å². The van der Waals surface area contributed by atoms with E-state index in [1.54, 1.807) is 30.4 Å². The van der Waals surface area contributed by atoms with Gasteiger partial charge in [0.25, 0.3) is 5.91 Å². The predicted molar refractivity (Wildman–Crippen MR) is 120 cm³/mol. The summed E-state index contributed by atoms with van der Waals surface area (Å²) in [6.45, 7) is 2.03. The number of hydrogen-bond donors (Lipinski definition) is 3. The van der Waals surface area contributed by atoms with E-state index in [1.165, 1.54) is 27.5 Å². The van der Waals surface area contributed by atoms with E-state index < -0.39 is 0 Å². The molecule has 2 aromatic carbocycles. The van der Waals surface area contributed by atoms with Gasteiger partial charge in [-0.1, -0.05) is 18.2 Å². The number of anilines is 1. The molecule has 0 saturated carbocycles. The topological polar surface area (TPSA) is 118 Å². The quantitative estimate of drug-likeness (QED) is 0.394. The van der Waals surface area contributed by atoms with Crippen LogP contribution >= 0.6 is 0 Å². The van der Waals surface area contributed by atoms with Crippen LogP contribution in [0.5, 0.6) is 17.2 Å². The largest absolute Gasteiger partial charge is 0.493 e. The average Bonchev–Trinajstić information content (AvgIpc) is 2.78. The molecule has 2 aromatic rings. The van der Waals surface area contributed by atoms with E-state index in [0.29, 0.717) is 34.3 Å². The fraction of sp³-hybridized carbons (Fsp3) is 0.261. The molecule has 8 nitrogen and oxygen atoms in total. The Bertz CT molecular complexity index is 929. The van der Waals surface area contributed by atoms with Crippen molar-refractivity contribution >= 4 is 11.6 Å². The van der Waals surface area contributed by atoms with Crippen molar-refractivity contribution in [3.8, 4) is 17.2 Å². The Morgan fingerprint density at radius 1 is 1.10 bits per heavy atom. The molecule has 1 unspecified atom stereocenters. The van der Waals surface area contributed by atoms with E-state index in [1.807, 2.05) is 25.1 Å². The second-order valence-corrected chi connectivity index (χ2v) is 6.56. The first kappa shape index (κ1) is 23.6. The third-order valence-corrected chi connectivity index (χ3v) is 4.41. The van der Waals surface area contributed by atoms with Gasteiger partial charge in [0.1, 0.15) is 12.4 Å². The van der Waals surface area contributed by atoms with Crippen molar-refractivity contribution in [2.24, 2.45) is 11.5 Å². The van der Waals surface area contributed by atoms with E-state index in [4.69, 9.17) is 30.4 Å². The van der Waals surface area contributed by atoms with Gasteiger partial charge in [-0.3, -0.25) is 4.79 Å². The van der Waals surface area contributed by atoms with Crippen LogP contribution in [0.15, 0.2) is 60.5 Å². The van der Waals surface area contributed by atoms with Crippen LogP contribution < -0.4 is 31.0 Å². The van der Waals surface area contributed by atoms with E-state index in [0.717, 1.165) is 5.56 Å². The van der Waals surface area contributed by atoms with Crippen molar-refractivity contribution in [2.45, 2.75) is 19.6 Å². The maximum absolute atomic E-state index is 12.9. The van der Waals surface area contributed by atoms with Crippen LogP contribution in [0.3, 0.4) is 0 Å². The summed E-state index contributed by atoms with van der Waals surface area (Å²) in [5.41, 5.74) is 13.1. The zero-order valence-corrected chi connectivity index (χ0v) is 18.2. The first-order chi connectivity index (χ1) is 14.9. The minimum Gasteiger partial charge on any atom is -0.493 e. The molecule has 0 radical (unpaired) electrons. The lowest BCUT2D eigenvalue weighted by molar-refractivity contribution is 0.102. The Morgan fingerprint density at radius 2 is 1.74 bits per heavy atom. The number of rotatable bonds is 10. The predicted octanol–water partition coefficient (Wildman–Crippen LogP) is 3.18. The fourth-order valence-electron chi connectivity index (χ4n) is 2.82. The third-order valence-electron chi connectivity index (χ3n) is 4.41. The number of amides is 1. The van der Waals surface area contributed by atoms with E-state index >= 15 is 0 Å². The molecule has 0 fully saturated rings. The molecule has 2 rings (SSSR count). The Morgan fingerprint density at radius 3 is 2.29 bits per heavy atom. The highest BCUT2D eigenvalue weighted by molar-refractivity contribution is 6.05. The van der Waals surface area contributed by atoms with Gasteiger partial charge in [-0.15, -0.1) is 0 Å². The van der Waals surface area contributed by atoms with Gasteiger partial charge in [0.2, 0.25) is 5.75 Å². The molecule has 0 aliphatic carbocycles. The molecular formula is C23H29N3O5. The van der Waals surface area contributed by atoms with Crippen LogP contribution in [-0.2, 0) is 11.3 Å². The molecule has 5 N–H and O–H groups in total. The highest BCUT2D eigenvalue weighted by Gasteiger charge is 2.18. The molecule has 1 amide bonds. The lowest BCUT2D eigenvalue weighted by Gasteiger charge is -2.17. The summed E-state index contributed by atoms with van der Waals surface area (Å²) in [7, 11) is 4.49. The van der Waals surface area contributed by atoms with Crippen molar-refractivity contribution in [3.05, 3.63) is 71.6 Å². The van der Waals surface area contributed by atoms with Crippen molar-refractivity contribution in [1.29, 1.82) is 0 Å². The molecule has 0 heterocycles. The summed E-state index contributed by atoms with van der Waals surface area (Å²) in [6, 6.07) is 10.2. The second kappa shape index (κ2) is 11.5. The van der Waals surface area contributed by atoms with Crippen molar-refractivity contribution in [3.63, 3.8) is 0 Å². The third kappa shape index (κ3) is 6.16. The van der Waals surface area contributed by atoms with E-state index in [-0.39, 0.29) is 18.6 Å². The van der Waals surface area contributed by atoms with Crippen molar-refractivity contribution < 1.29 is 23.7 Å². The maximum Gasteiger partial charge on any atom is 0.255 e. The SMILES string of the molecule is COc1cc(C(=O)Nc2ccccc2CO/C(=C/C=C\N)C(C)N)cc(OC)c1OC. The van der Waals surface area contributed by atoms with Gasteiger partial charge in [-0.05, 0) is 43.5 Å². The highest BCUT2D eigenvalue weighted by atomic mass is 16.5. The number of carbonyl (C=O) groups excluding carboxylic acids is 1. The molecule has 0 saturated heterocycles. The molecule has 8 heteroatoms.